The molecule has 1 rings (SSSR count). The van der Waals surface area contributed by atoms with Crippen molar-refractivity contribution in [3.8, 4) is 5.75 Å². The maximum absolute atomic E-state index is 12.1. The first-order valence-corrected chi connectivity index (χ1v) is 8.08. The van der Waals surface area contributed by atoms with Crippen molar-refractivity contribution in [1.82, 2.24) is 9.97 Å². The Labute approximate surface area is 147 Å². The molecule has 0 radical (unpaired) electrons. The van der Waals surface area contributed by atoms with Crippen molar-refractivity contribution in [2.24, 2.45) is 11.3 Å². The molecule has 0 saturated heterocycles. The molecule has 0 aliphatic heterocycles. The molecule has 138 valence electrons. The highest BCUT2D eigenvalue weighted by atomic mass is 16.5. The van der Waals surface area contributed by atoms with Gasteiger partial charge in [-0.1, -0.05) is 34.6 Å². The summed E-state index contributed by atoms with van der Waals surface area (Å²) in [5.74, 6) is -2.39. The van der Waals surface area contributed by atoms with Crippen LogP contribution in [0.3, 0.4) is 0 Å². The van der Waals surface area contributed by atoms with E-state index in [1.165, 1.54) is 19.3 Å². The summed E-state index contributed by atoms with van der Waals surface area (Å²) in [6.45, 7) is 10.6. The van der Waals surface area contributed by atoms with Crippen molar-refractivity contribution < 1.29 is 24.2 Å². The molecule has 0 aromatic carbocycles. The van der Waals surface area contributed by atoms with Crippen molar-refractivity contribution in [2.45, 2.75) is 59.8 Å². The topological polar surface area (TPSA) is 106 Å². The van der Waals surface area contributed by atoms with Crippen LogP contribution in [0, 0.1) is 11.3 Å². The number of hydrogen-bond donors (Lipinski definition) is 1. The summed E-state index contributed by atoms with van der Waals surface area (Å²) >= 11 is 0. The van der Waals surface area contributed by atoms with Crippen molar-refractivity contribution in [3.05, 3.63) is 18.2 Å². The van der Waals surface area contributed by atoms with Crippen molar-refractivity contribution >= 4 is 17.7 Å². The van der Waals surface area contributed by atoms with E-state index in [1.54, 1.807) is 13.8 Å². The fraction of sp³-hybridized carbons (Fsp3) is 0.611. The second kappa shape index (κ2) is 7.72. The Kier molecular flexibility index (Phi) is 6.40. The highest BCUT2D eigenvalue weighted by Crippen LogP contribution is 2.31. The van der Waals surface area contributed by atoms with Crippen molar-refractivity contribution in [1.29, 1.82) is 0 Å². The molecule has 0 bridgehead atoms. The zero-order valence-electron chi connectivity index (χ0n) is 15.6. The smallest absolute Gasteiger partial charge is 0.314 e. The number of ketones is 1. The van der Waals surface area contributed by atoms with E-state index < -0.39 is 29.1 Å². The van der Waals surface area contributed by atoms with Gasteiger partial charge in [0.2, 0.25) is 0 Å². The Morgan fingerprint density at radius 3 is 2.04 bits per heavy atom. The van der Waals surface area contributed by atoms with Gasteiger partial charge in [0, 0.05) is 5.41 Å². The van der Waals surface area contributed by atoms with Crippen LogP contribution in [-0.2, 0) is 19.8 Å². The number of esters is 1. The van der Waals surface area contributed by atoms with E-state index in [-0.39, 0.29) is 24.0 Å². The van der Waals surface area contributed by atoms with E-state index in [0.29, 0.717) is 5.82 Å². The van der Waals surface area contributed by atoms with E-state index in [9.17, 15) is 14.4 Å². The number of carbonyl (C=O) groups is 3. The molecule has 1 atom stereocenters. The van der Waals surface area contributed by atoms with E-state index >= 15 is 0 Å². The zero-order chi connectivity index (χ0) is 19.4. The minimum atomic E-state index is -1.18. The molecular formula is C18H26N2O5. The third kappa shape index (κ3) is 6.60. The second-order valence-electron chi connectivity index (χ2n) is 8.01. The van der Waals surface area contributed by atoms with Gasteiger partial charge in [0.05, 0.1) is 18.8 Å². The first-order valence-electron chi connectivity index (χ1n) is 8.08. The number of carboxylic acids is 1. The van der Waals surface area contributed by atoms with Crippen LogP contribution in [0.1, 0.15) is 60.2 Å². The standard InChI is InChI=1S/C18H26N2O5/c1-11(21)13(15(23)24)7-18(5,6)8-14(22)25-12-9-19-16(20-10-12)17(2,3)4/h9-10,13H,7-8H2,1-6H3,(H,23,24). The summed E-state index contributed by atoms with van der Waals surface area (Å²) in [7, 11) is 0. The van der Waals surface area contributed by atoms with Crippen molar-refractivity contribution in [3.63, 3.8) is 0 Å². The molecule has 0 saturated carbocycles. The van der Waals surface area contributed by atoms with Gasteiger partial charge in [-0.2, -0.15) is 0 Å². The highest BCUT2D eigenvalue weighted by Gasteiger charge is 2.33. The normalized spacial score (nSPS) is 13.2. The average Bonchev–Trinajstić information content (AvgIpc) is 2.43. The largest absolute Gasteiger partial charge is 0.481 e. The maximum Gasteiger partial charge on any atom is 0.314 e. The molecule has 1 aromatic heterocycles. The van der Waals surface area contributed by atoms with Gasteiger partial charge in [-0.25, -0.2) is 9.97 Å². The number of Topliss-reactive ketones (excluding diaryl/α,β-unsaturated/α-hetero) is 1. The molecule has 7 nitrogen and oxygen atoms in total. The Hall–Kier alpha value is -2.31. The predicted octanol–water partition coefficient (Wildman–Crippen LogP) is 2.78. The van der Waals surface area contributed by atoms with E-state index in [2.05, 4.69) is 9.97 Å². The molecule has 7 heteroatoms. The van der Waals surface area contributed by atoms with Gasteiger partial charge in [0.1, 0.15) is 17.5 Å². The van der Waals surface area contributed by atoms with Gasteiger partial charge >= 0.3 is 11.9 Å². The Morgan fingerprint density at radius 2 is 1.64 bits per heavy atom. The highest BCUT2D eigenvalue weighted by molar-refractivity contribution is 5.96. The summed E-state index contributed by atoms with van der Waals surface area (Å²) in [5.41, 5.74) is -0.902. The molecule has 0 aliphatic carbocycles. The number of rotatable bonds is 7. The first-order chi connectivity index (χ1) is 11.3. The summed E-state index contributed by atoms with van der Waals surface area (Å²) in [6.07, 6.45) is 2.92. The fourth-order valence-electron chi connectivity index (χ4n) is 2.34. The number of hydrogen-bond acceptors (Lipinski definition) is 6. The number of nitrogens with zero attached hydrogens (tertiary/aromatic N) is 2. The molecule has 1 N–H and O–H groups in total. The third-order valence-electron chi connectivity index (χ3n) is 3.70. The van der Waals surface area contributed by atoms with Crippen LogP contribution in [0.4, 0.5) is 0 Å². The fourth-order valence-corrected chi connectivity index (χ4v) is 2.34. The number of carbonyl (C=O) groups excluding carboxylic acids is 2. The second-order valence-corrected chi connectivity index (χ2v) is 8.01. The summed E-state index contributed by atoms with van der Waals surface area (Å²) in [6, 6.07) is 0. The van der Waals surface area contributed by atoms with Gasteiger partial charge in [0.15, 0.2) is 5.75 Å². The van der Waals surface area contributed by atoms with Crippen LogP contribution >= 0.6 is 0 Å². The van der Waals surface area contributed by atoms with E-state index in [4.69, 9.17) is 9.84 Å². The number of ether oxygens (including phenoxy) is 1. The Bertz CT molecular complexity index is 630. The van der Waals surface area contributed by atoms with Crippen LogP contribution < -0.4 is 4.74 Å². The maximum atomic E-state index is 12.1. The van der Waals surface area contributed by atoms with Crippen LogP contribution in [-0.4, -0.2) is 32.8 Å². The molecular weight excluding hydrogens is 324 g/mol. The molecule has 0 spiro atoms. The van der Waals surface area contributed by atoms with Crippen LogP contribution in [0.2, 0.25) is 0 Å². The van der Waals surface area contributed by atoms with Gasteiger partial charge in [-0.15, -0.1) is 0 Å². The first kappa shape index (κ1) is 20.7. The van der Waals surface area contributed by atoms with Gasteiger partial charge in [-0.3, -0.25) is 14.4 Å². The molecule has 1 heterocycles. The summed E-state index contributed by atoms with van der Waals surface area (Å²) in [5, 5.41) is 9.11. The predicted molar refractivity (Wildman–Crippen MR) is 91.2 cm³/mol. The van der Waals surface area contributed by atoms with Gasteiger partial charge < -0.3 is 9.84 Å². The lowest BCUT2D eigenvalue weighted by atomic mass is 9.79. The summed E-state index contributed by atoms with van der Waals surface area (Å²) < 4.78 is 5.22. The van der Waals surface area contributed by atoms with Crippen molar-refractivity contribution in [2.75, 3.05) is 0 Å². The number of carboxylic acid groups (broad SMARTS) is 1. The number of aliphatic carboxylic acids is 1. The minimum absolute atomic E-state index is 0.0227. The lowest BCUT2D eigenvalue weighted by Gasteiger charge is -2.25. The monoisotopic (exact) mass is 350 g/mol. The van der Waals surface area contributed by atoms with Crippen LogP contribution in [0.15, 0.2) is 12.4 Å². The van der Waals surface area contributed by atoms with E-state index in [1.807, 2.05) is 20.8 Å². The Morgan fingerprint density at radius 1 is 1.12 bits per heavy atom. The molecule has 1 aromatic rings. The quantitative estimate of drug-likeness (QED) is 0.595. The molecule has 25 heavy (non-hydrogen) atoms. The van der Waals surface area contributed by atoms with Crippen LogP contribution in [0.25, 0.3) is 0 Å². The molecule has 1 unspecified atom stereocenters. The molecule has 0 aliphatic rings. The SMILES string of the molecule is CC(=O)C(CC(C)(C)CC(=O)Oc1cnc(C(C)(C)C)nc1)C(=O)O. The average molecular weight is 350 g/mol. The summed E-state index contributed by atoms with van der Waals surface area (Å²) in [4.78, 5) is 43.1. The van der Waals surface area contributed by atoms with E-state index in [0.717, 1.165) is 0 Å². The lowest BCUT2D eigenvalue weighted by molar-refractivity contribution is -0.148. The number of aromatic nitrogens is 2. The molecule has 0 fully saturated rings. The lowest BCUT2D eigenvalue weighted by Crippen LogP contribution is -2.30. The van der Waals surface area contributed by atoms with Gasteiger partial charge in [-0.05, 0) is 18.8 Å². The minimum Gasteiger partial charge on any atom is -0.481 e. The van der Waals surface area contributed by atoms with Gasteiger partial charge in [0.25, 0.3) is 0 Å². The molecule has 0 amide bonds. The van der Waals surface area contributed by atoms with Crippen LogP contribution in [0.5, 0.6) is 5.75 Å². The Balaban J connectivity index is 2.71. The zero-order valence-corrected chi connectivity index (χ0v) is 15.6. The third-order valence-corrected chi connectivity index (χ3v) is 3.70.